The van der Waals surface area contributed by atoms with Gasteiger partial charge < -0.3 is 4.74 Å². The lowest BCUT2D eigenvalue weighted by Crippen LogP contribution is -2.65. The van der Waals surface area contributed by atoms with E-state index in [1.54, 1.807) is 13.8 Å². The van der Waals surface area contributed by atoms with Crippen molar-refractivity contribution in [2.75, 3.05) is 0 Å². The zero-order chi connectivity index (χ0) is 16.8. The Balaban J connectivity index is 1.79. The molecule has 2 fully saturated rings. The van der Waals surface area contributed by atoms with E-state index in [4.69, 9.17) is 11.3 Å². The highest BCUT2D eigenvalue weighted by molar-refractivity contribution is 7.87. The van der Waals surface area contributed by atoms with Crippen molar-refractivity contribution in [3.05, 3.63) is 47.3 Å². The molecule has 0 aromatic heterocycles. The fourth-order valence-corrected chi connectivity index (χ4v) is 4.94. The molecule has 0 aliphatic carbocycles. The number of β-lactam (4-membered cyclic amide) rings is 1. The van der Waals surface area contributed by atoms with Crippen LogP contribution in [0.4, 0.5) is 0 Å². The first-order chi connectivity index (χ1) is 10.9. The van der Waals surface area contributed by atoms with Gasteiger partial charge in [0, 0.05) is 0 Å². The molecule has 2 aliphatic heterocycles. The first-order valence-corrected chi connectivity index (χ1v) is 8.41. The molecule has 4 atom stereocenters. The largest absolute Gasteiger partial charge is 0.459 e. The summed E-state index contributed by atoms with van der Waals surface area (Å²) in [6, 6.07) is 7.35. The Morgan fingerprint density at radius 2 is 2.04 bits per heavy atom. The lowest BCUT2D eigenvalue weighted by molar-refractivity contribution is -0.162. The first kappa shape index (κ1) is 15.7. The zero-order valence-electron chi connectivity index (χ0n) is 12.8. The maximum absolute atomic E-state index is 12.6. The Hall–Kier alpha value is -2.20. The van der Waals surface area contributed by atoms with E-state index in [2.05, 4.69) is 4.85 Å². The Morgan fingerprint density at radius 3 is 2.65 bits per heavy atom. The highest BCUT2D eigenvalue weighted by Crippen LogP contribution is 2.44. The summed E-state index contributed by atoms with van der Waals surface area (Å²) in [5, 5.41) is -0.704. The van der Waals surface area contributed by atoms with Gasteiger partial charge in [0.25, 0.3) is 0 Å². The molecule has 1 aromatic rings. The van der Waals surface area contributed by atoms with Crippen LogP contribution in [0.1, 0.15) is 19.4 Å². The van der Waals surface area contributed by atoms with Gasteiger partial charge in [0.2, 0.25) is 0 Å². The number of fused-ring (bicyclic) bond motifs is 1. The summed E-state index contributed by atoms with van der Waals surface area (Å²) in [5.41, 5.74) is 0.836. The fourth-order valence-electron chi connectivity index (χ4n) is 3.04. The van der Waals surface area contributed by atoms with Crippen molar-refractivity contribution in [3.63, 3.8) is 0 Å². The van der Waals surface area contributed by atoms with E-state index in [-0.39, 0.29) is 6.61 Å². The summed E-state index contributed by atoms with van der Waals surface area (Å²) >= 11 is 0. The Labute approximate surface area is 136 Å². The van der Waals surface area contributed by atoms with Crippen LogP contribution in [0, 0.1) is 6.57 Å². The molecule has 2 heterocycles. The number of carbonyl (C=O) groups is 2. The minimum atomic E-state index is -1.48. The van der Waals surface area contributed by atoms with Crippen molar-refractivity contribution in [3.8, 4) is 0 Å². The maximum Gasteiger partial charge on any atom is 0.332 e. The van der Waals surface area contributed by atoms with E-state index < -0.39 is 44.9 Å². The van der Waals surface area contributed by atoms with Crippen molar-refractivity contribution in [2.24, 2.45) is 0 Å². The second-order valence-corrected chi connectivity index (χ2v) is 8.24. The number of benzene rings is 1. The summed E-state index contributed by atoms with van der Waals surface area (Å²) in [7, 11) is -1.48. The minimum Gasteiger partial charge on any atom is -0.459 e. The molecule has 0 spiro atoms. The van der Waals surface area contributed by atoms with Crippen molar-refractivity contribution in [1.82, 2.24) is 4.90 Å². The van der Waals surface area contributed by atoms with Crippen molar-refractivity contribution in [1.29, 1.82) is 0 Å². The lowest BCUT2D eigenvalue weighted by Gasteiger charge is -2.36. The van der Waals surface area contributed by atoms with Crippen molar-refractivity contribution < 1.29 is 18.5 Å². The van der Waals surface area contributed by atoms with Crippen LogP contribution in [0.15, 0.2) is 30.3 Å². The number of hydrogen-bond acceptors (Lipinski definition) is 4. The van der Waals surface area contributed by atoms with Gasteiger partial charge in [-0.15, -0.1) is 0 Å². The maximum atomic E-state index is 12.6. The molecule has 6 nitrogen and oxygen atoms in total. The molecule has 0 N–H and O–H groups in total. The highest BCUT2D eigenvalue weighted by atomic mass is 32.2. The molecule has 1 unspecified atom stereocenters. The number of esters is 1. The summed E-state index contributed by atoms with van der Waals surface area (Å²) in [5.74, 6) is -1.02. The van der Waals surface area contributed by atoms with E-state index in [1.807, 2.05) is 30.3 Å². The zero-order valence-corrected chi connectivity index (χ0v) is 13.6. The van der Waals surface area contributed by atoms with Crippen molar-refractivity contribution >= 4 is 22.7 Å². The SMILES string of the molecule is [C-]#[N+][C@@H]1C(=O)N2[C@@H]1S(=O)C(C)(C)[C@@H]2C(=O)OCc1ccccc1. The summed E-state index contributed by atoms with van der Waals surface area (Å²) in [6.45, 7) is 10.5. The number of rotatable bonds is 3. The van der Waals surface area contributed by atoms with Crippen molar-refractivity contribution in [2.45, 2.75) is 42.7 Å². The first-order valence-electron chi connectivity index (χ1n) is 7.19. The van der Waals surface area contributed by atoms with Gasteiger partial charge in [0.1, 0.15) is 12.6 Å². The predicted octanol–water partition coefficient (Wildman–Crippen LogP) is 1.10. The van der Waals surface area contributed by atoms with E-state index >= 15 is 0 Å². The lowest BCUT2D eigenvalue weighted by atomic mass is 9.96. The molecule has 1 amide bonds. The van der Waals surface area contributed by atoms with Gasteiger partial charge in [-0.2, -0.15) is 0 Å². The van der Waals surface area contributed by atoms with Crippen LogP contribution >= 0.6 is 0 Å². The molecule has 23 heavy (non-hydrogen) atoms. The van der Waals surface area contributed by atoms with Gasteiger partial charge in [-0.3, -0.25) is 18.7 Å². The molecule has 0 radical (unpaired) electrons. The van der Waals surface area contributed by atoms with E-state index in [1.165, 1.54) is 4.90 Å². The van der Waals surface area contributed by atoms with Crippen LogP contribution in [0.25, 0.3) is 4.85 Å². The number of nitrogens with zero attached hydrogens (tertiary/aromatic N) is 2. The molecule has 2 aliphatic rings. The summed E-state index contributed by atoms with van der Waals surface area (Å²) < 4.78 is 16.9. The summed E-state index contributed by atoms with van der Waals surface area (Å²) in [6.07, 6.45) is 0. The molecule has 0 bridgehead atoms. The van der Waals surface area contributed by atoms with Crippen LogP contribution in [-0.2, 0) is 31.7 Å². The second-order valence-electron chi connectivity index (χ2n) is 6.11. The molecule has 0 saturated carbocycles. The van der Waals surface area contributed by atoms with Gasteiger partial charge in [-0.05, 0) is 19.4 Å². The number of hydrogen-bond donors (Lipinski definition) is 0. The second kappa shape index (κ2) is 5.46. The minimum absolute atomic E-state index is 0.0951. The predicted molar refractivity (Wildman–Crippen MR) is 83.3 cm³/mol. The standard InChI is InChI=1S/C16H16N2O4S/c1-16(2)12(15(20)22-9-10-7-5-4-6-8-10)18-13(19)11(17-3)14(18)23(16)21/h4-8,11-12,14H,9H2,1-2H3/t11-,12+,14-,23?/m1/s1. The average molecular weight is 332 g/mol. The van der Waals surface area contributed by atoms with Crippen LogP contribution in [0.5, 0.6) is 0 Å². The van der Waals surface area contributed by atoms with Gasteiger partial charge >= 0.3 is 17.9 Å². The van der Waals surface area contributed by atoms with Crippen LogP contribution in [0.2, 0.25) is 0 Å². The normalized spacial score (nSPS) is 31.0. The topological polar surface area (TPSA) is 68.0 Å². The fraction of sp³-hybridized carbons (Fsp3) is 0.438. The van der Waals surface area contributed by atoms with Crippen LogP contribution in [-0.4, -0.2) is 43.2 Å². The van der Waals surface area contributed by atoms with Gasteiger partial charge in [0.05, 0.1) is 15.5 Å². The number of carbonyl (C=O) groups excluding carboxylic acids is 2. The quantitative estimate of drug-likeness (QED) is 0.472. The number of amides is 1. The third-order valence-electron chi connectivity index (χ3n) is 4.31. The Morgan fingerprint density at radius 1 is 1.39 bits per heavy atom. The molecular formula is C16H16N2O4S. The monoisotopic (exact) mass is 332 g/mol. The van der Waals surface area contributed by atoms with Gasteiger partial charge in [-0.25, -0.2) is 11.4 Å². The summed E-state index contributed by atoms with van der Waals surface area (Å²) in [4.78, 5) is 29.1. The molecule has 7 heteroatoms. The smallest absolute Gasteiger partial charge is 0.332 e. The van der Waals surface area contributed by atoms with E-state index in [0.29, 0.717) is 0 Å². The third kappa shape index (κ3) is 2.25. The molecule has 1 aromatic carbocycles. The number of ether oxygens (including phenoxy) is 1. The van der Waals surface area contributed by atoms with Gasteiger partial charge in [0.15, 0.2) is 5.37 Å². The molecule has 2 saturated heterocycles. The van der Waals surface area contributed by atoms with Crippen LogP contribution < -0.4 is 0 Å². The third-order valence-corrected chi connectivity index (χ3v) is 6.50. The molecular weight excluding hydrogens is 316 g/mol. The Bertz CT molecular complexity index is 725. The van der Waals surface area contributed by atoms with E-state index in [9.17, 15) is 13.8 Å². The average Bonchev–Trinajstić information content (AvgIpc) is 2.72. The molecule has 120 valence electrons. The van der Waals surface area contributed by atoms with E-state index in [0.717, 1.165) is 5.56 Å². The van der Waals surface area contributed by atoms with Crippen LogP contribution in [0.3, 0.4) is 0 Å². The molecule has 3 rings (SSSR count). The Kier molecular flexibility index (Phi) is 3.72. The van der Waals surface area contributed by atoms with Gasteiger partial charge in [-0.1, -0.05) is 30.3 Å². The highest BCUT2D eigenvalue weighted by Gasteiger charge is 2.71.